The first kappa shape index (κ1) is 15.9. The molecule has 0 radical (unpaired) electrons. The highest BCUT2D eigenvalue weighted by molar-refractivity contribution is 7.98. The second-order valence-corrected chi connectivity index (χ2v) is 5.67. The molecule has 1 fully saturated rings. The quantitative estimate of drug-likeness (QED) is 0.629. The van der Waals surface area contributed by atoms with Crippen LogP contribution in [0.2, 0.25) is 0 Å². The predicted octanol–water partition coefficient (Wildman–Crippen LogP) is 1.73. The first-order valence-corrected chi connectivity index (χ1v) is 7.92. The van der Waals surface area contributed by atoms with Crippen molar-refractivity contribution in [3.8, 4) is 0 Å². The molecule has 1 aromatic rings. The predicted molar refractivity (Wildman–Crippen MR) is 80.6 cm³/mol. The molecule has 0 spiro atoms. The molecule has 0 saturated carbocycles. The molecular weight excluding hydrogens is 290 g/mol. The zero-order valence-corrected chi connectivity index (χ0v) is 13.2. The zero-order valence-electron chi connectivity index (χ0n) is 12.4. The summed E-state index contributed by atoms with van der Waals surface area (Å²) in [6.45, 7) is 2.90. The molecule has 1 heterocycles. The third-order valence-electron chi connectivity index (χ3n) is 3.54. The van der Waals surface area contributed by atoms with Gasteiger partial charge >= 0.3 is 5.97 Å². The van der Waals surface area contributed by atoms with Crippen LogP contribution in [0.1, 0.15) is 15.9 Å². The molecule has 1 aliphatic heterocycles. The van der Waals surface area contributed by atoms with Crippen LogP contribution in [0, 0.1) is 6.92 Å². The largest absolute Gasteiger partial charge is 0.467 e. The number of thioether (sulfide) groups is 1. The molecule has 2 rings (SSSR count). The Bertz CT molecular complexity index is 546. The Morgan fingerprint density at radius 3 is 2.86 bits per heavy atom. The van der Waals surface area contributed by atoms with Gasteiger partial charge in [-0.1, -0.05) is 6.07 Å². The third kappa shape index (κ3) is 3.39. The van der Waals surface area contributed by atoms with Crippen molar-refractivity contribution in [3.05, 3.63) is 29.3 Å². The number of carbonyl (C=O) groups excluding carboxylic acids is 2. The summed E-state index contributed by atoms with van der Waals surface area (Å²) >= 11 is 1.58. The molecule has 6 heteroatoms. The number of amides is 1. The second kappa shape index (κ2) is 6.95. The molecule has 21 heavy (non-hydrogen) atoms. The fourth-order valence-corrected chi connectivity index (χ4v) is 2.73. The van der Waals surface area contributed by atoms with E-state index >= 15 is 0 Å². The molecule has 1 aromatic carbocycles. The van der Waals surface area contributed by atoms with Gasteiger partial charge in [0, 0.05) is 17.0 Å². The van der Waals surface area contributed by atoms with E-state index in [0.717, 1.165) is 10.5 Å². The maximum Gasteiger partial charge on any atom is 0.331 e. The van der Waals surface area contributed by atoms with Crippen LogP contribution < -0.4 is 0 Å². The van der Waals surface area contributed by atoms with Gasteiger partial charge in [-0.05, 0) is 30.9 Å². The zero-order chi connectivity index (χ0) is 15.4. The lowest BCUT2D eigenvalue weighted by atomic mass is 10.1. The number of nitrogens with zero attached hydrogens (tertiary/aromatic N) is 1. The number of hydrogen-bond acceptors (Lipinski definition) is 5. The average Bonchev–Trinajstić information content (AvgIpc) is 2.54. The summed E-state index contributed by atoms with van der Waals surface area (Å²) in [5.41, 5.74) is 1.52. The number of aryl methyl sites for hydroxylation is 1. The van der Waals surface area contributed by atoms with Gasteiger partial charge in [0.15, 0.2) is 6.04 Å². The van der Waals surface area contributed by atoms with Gasteiger partial charge in [0.25, 0.3) is 5.91 Å². The molecule has 1 aliphatic rings. The van der Waals surface area contributed by atoms with Crippen LogP contribution in [0.4, 0.5) is 0 Å². The van der Waals surface area contributed by atoms with E-state index in [-0.39, 0.29) is 12.5 Å². The van der Waals surface area contributed by atoms with Gasteiger partial charge in [-0.25, -0.2) is 4.79 Å². The van der Waals surface area contributed by atoms with E-state index in [1.165, 1.54) is 7.11 Å². The second-order valence-electron chi connectivity index (χ2n) is 4.79. The highest BCUT2D eigenvalue weighted by Gasteiger charge is 2.34. The van der Waals surface area contributed by atoms with Crippen LogP contribution in [0.25, 0.3) is 0 Å². The standard InChI is InChI=1S/C15H19NO4S/c1-10-4-5-11(21-3)8-12(10)14(17)16-6-7-20-9-13(16)15(18)19-2/h4-5,8,13H,6-7,9H2,1-3H3. The van der Waals surface area contributed by atoms with Gasteiger partial charge < -0.3 is 14.4 Å². The number of hydrogen-bond donors (Lipinski definition) is 0. The molecule has 0 bridgehead atoms. The maximum absolute atomic E-state index is 12.8. The SMILES string of the molecule is COC(=O)C1COCCN1C(=O)c1cc(SC)ccc1C. The highest BCUT2D eigenvalue weighted by atomic mass is 32.2. The minimum atomic E-state index is -0.673. The number of benzene rings is 1. The molecule has 0 aliphatic carbocycles. The molecule has 114 valence electrons. The topological polar surface area (TPSA) is 55.8 Å². The lowest BCUT2D eigenvalue weighted by molar-refractivity contribution is -0.151. The fourth-order valence-electron chi connectivity index (χ4n) is 2.29. The summed E-state index contributed by atoms with van der Waals surface area (Å²) in [6.07, 6.45) is 1.96. The van der Waals surface area contributed by atoms with Crippen LogP contribution in [-0.4, -0.2) is 55.9 Å². The summed E-state index contributed by atoms with van der Waals surface area (Å²) < 4.78 is 10.1. The summed E-state index contributed by atoms with van der Waals surface area (Å²) in [6, 6.07) is 5.10. The molecule has 5 nitrogen and oxygen atoms in total. The first-order chi connectivity index (χ1) is 10.1. The van der Waals surface area contributed by atoms with Crippen LogP contribution in [-0.2, 0) is 14.3 Å². The molecule has 1 saturated heterocycles. The van der Waals surface area contributed by atoms with Crippen molar-refractivity contribution >= 4 is 23.6 Å². The van der Waals surface area contributed by atoms with Crippen molar-refractivity contribution in [2.24, 2.45) is 0 Å². The van der Waals surface area contributed by atoms with Gasteiger partial charge in [-0.3, -0.25) is 4.79 Å². The van der Waals surface area contributed by atoms with E-state index in [1.807, 2.05) is 31.4 Å². The van der Waals surface area contributed by atoms with Gasteiger partial charge in [0.1, 0.15) is 0 Å². The van der Waals surface area contributed by atoms with E-state index in [4.69, 9.17) is 9.47 Å². The van der Waals surface area contributed by atoms with Crippen LogP contribution in [0.15, 0.2) is 23.1 Å². The smallest absolute Gasteiger partial charge is 0.331 e. The number of carbonyl (C=O) groups is 2. The number of methoxy groups -OCH3 is 1. The normalized spacial score (nSPS) is 18.4. The number of morpholine rings is 1. The number of rotatable bonds is 3. The fraction of sp³-hybridized carbons (Fsp3) is 0.467. The van der Waals surface area contributed by atoms with Crippen molar-refractivity contribution in [1.82, 2.24) is 4.90 Å². The van der Waals surface area contributed by atoms with Crippen molar-refractivity contribution < 1.29 is 19.1 Å². The van der Waals surface area contributed by atoms with Gasteiger partial charge in [0.05, 0.1) is 20.3 Å². The lowest BCUT2D eigenvalue weighted by Gasteiger charge is -2.34. The average molecular weight is 309 g/mol. The van der Waals surface area contributed by atoms with Crippen molar-refractivity contribution in [2.75, 3.05) is 33.1 Å². The lowest BCUT2D eigenvalue weighted by Crippen LogP contribution is -2.53. The maximum atomic E-state index is 12.8. The molecule has 1 atom stereocenters. The van der Waals surface area contributed by atoms with Crippen LogP contribution in [0.3, 0.4) is 0 Å². The molecule has 0 N–H and O–H groups in total. The van der Waals surface area contributed by atoms with Crippen molar-refractivity contribution in [1.29, 1.82) is 0 Å². The molecule has 1 unspecified atom stereocenters. The van der Waals surface area contributed by atoms with E-state index in [9.17, 15) is 9.59 Å². The number of ether oxygens (including phenoxy) is 2. The summed E-state index contributed by atoms with van der Waals surface area (Å²) in [7, 11) is 1.32. The molecule has 0 aromatic heterocycles. The molecular formula is C15H19NO4S. The van der Waals surface area contributed by atoms with E-state index in [0.29, 0.717) is 18.7 Å². The Hall–Kier alpha value is -1.53. The van der Waals surface area contributed by atoms with E-state index in [1.54, 1.807) is 16.7 Å². The van der Waals surface area contributed by atoms with Crippen LogP contribution in [0.5, 0.6) is 0 Å². The summed E-state index contributed by atoms with van der Waals surface area (Å²) in [5, 5.41) is 0. The van der Waals surface area contributed by atoms with Gasteiger partial charge in [-0.2, -0.15) is 0 Å². The highest BCUT2D eigenvalue weighted by Crippen LogP contribution is 2.22. The Morgan fingerprint density at radius 2 is 2.19 bits per heavy atom. The number of esters is 1. The Labute approximate surface area is 128 Å². The Balaban J connectivity index is 2.30. The van der Waals surface area contributed by atoms with E-state index < -0.39 is 12.0 Å². The van der Waals surface area contributed by atoms with E-state index in [2.05, 4.69) is 0 Å². The summed E-state index contributed by atoms with van der Waals surface area (Å²) in [5.74, 6) is -0.594. The van der Waals surface area contributed by atoms with Crippen LogP contribution >= 0.6 is 11.8 Å². The minimum Gasteiger partial charge on any atom is -0.467 e. The van der Waals surface area contributed by atoms with Gasteiger partial charge in [-0.15, -0.1) is 11.8 Å². The Kier molecular flexibility index (Phi) is 5.25. The summed E-state index contributed by atoms with van der Waals surface area (Å²) in [4.78, 5) is 27.2. The van der Waals surface area contributed by atoms with Crippen molar-refractivity contribution in [3.63, 3.8) is 0 Å². The van der Waals surface area contributed by atoms with Crippen molar-refractivity contribution in [2.45, 2.75) is 17.9 Å². The minimum absolute atomic E-state index is 0.151. The third-order valence-corrected chi connectivity index (χ3v) is 4.26. The monoisotopic (exact) mass is 309 g/mol. The Morgan fingerprint density at radius 1 is 1.43 bits per heavy atom. The van der Waals surface area contributed by atoms with Gasteiger partial charge in [0.2, 0.25) is 0 Å². The first-order valence-electron chi connectivity index (χ1n) is 6.69. The molecule has 1 amide bonds.